The monoisotopic (exact) mass is 372 g/mol. The number of nitrogens with zero attached hydrogens (tertiary/aromatic N) is 2. The van der Waals surface area contributed by atoms with Crippen molar-refractivity contribution in [2.75, 3.05) is 5.32 Å². The summed E-state index contributed by atoms with van der Waals surface area (Å²) in [6.07, 6.45) is -3.78. The molecule has 0 aliphatic heterocycles. The second-order valence-electron chi connectivity index (χ2n) is 5.40. The molecule has 134 valence electrons. The Morgan fingerprint density at radius 1 is 1.24 bits per heavy atom. The quantitative estimate of drug-likeness (QED) is 0.815. The predicted octanol–water partition coefficient (Wildman–Crippen LogP) is 4.42. The summed E-state index contributed by atoms with van der Waals surface area (Å²) >= 11 is 5.57. The van der Waals surface area contributed by atoms with Crippen LogP contribution in [0.2, 0.25) is 5.02 Å². The molecule has 0 fully saturated rings. The van der Waals surface area contributed by atoms with Crippen molar-refractivity contribution < 1.29 is 18.0 Å². The summed E-state index contributed by atoms with van der Waals surface area (Å²) in [6.45, 7) is 3.80. The molecule has 0 saturated carbocycles. The minimum Gasteiger partial charge on any atom is -0.348 e. The highest BCUT2D eigenvalue weighted by Gasteiger charge is 2.33. The fourth-order valence-electron chi connectivity index (χ4n) is 1.89. The van der Waals surface area contributed by atoms with Crippen LogP contribution in [-0.4, -0.2) is 22.1 Å². The normalized spacial score (nSPS) is 12.6. The fourth-order valence-corrected chi connectivity index (χ4v) is 2.11. The molecule has 0 spiro atoms. The van der Waals surface area contributed by atoms with Crippen molar-refractivity contribution in [1.29, 1.82) is 0 Å². The number of alkyl halides is 3. The Labute approximate surface area is 147 Å². The van der Waals surface area contributed by atoms with E-state index < -0.39 is 11.7 Å². The van der Waals surface area contributed by atoms with E-state index in [0.29, 0.717) is 0 Å². The van der Waals surface area contributed by atoms with Gasteiger partial charge in [0.1, 0.15) is 0 Å². The van der Waals surface area contributed by atoms with Gasteiger partial charge < -0.3 is 10.6 Å². The van der Waals surface area contributed by atoms with Crippen molar-refractivity contribution >= 4 is 29.0 Å². The van der Waals surface area contributed by atoms with E-state index >= 15 is 0 Å². The van der Waals surface area contributed by atoms with Gasteiger partial charge in [-0.15, -0.1) is 10.2 Å². The molecule has 0 radical (unpaired) electrons. The third-order valence-corrected chi connectivity index (χ3v) is 3.76. The molecule has 1 aromatic carbocycles. The molecule has 1 heterocycles. The molecule has 1 amide bonds. The molecule has 0 bridgehead atoms. The molecule has 2 N–H and O–H groups in total. The van der Waals surface area contributed by atoms with Crippen LogP contribution in [0.5, 0.6) is 0 Å². The third kappa shape index (κ3) is 5.06. The first kappa shape index (κ1) is 19.0. The average Bonchev–Trinajstić information content (AvgIpc) is 2.56. The van der Waals surface area contributed by atoms with Gasteiger partial charge >= 0.3 is 6.18 Å². The molecule has 2 aromatic rings. The van der Waals surface area contributed by atoms with Gasteiger partial charge in [-0.3, -0.25) is 4.79 Å². The third-order valence-electron chi connectivity index (χ3n) is 3.43. The van der Waals surface area contributed by atoms with Crippen molar-refractivity contribution in [1.82, 2.24) is 15.5 Å². The lowest BCUT2D eigenvalue weighted by Gasteiger charge is -2.12. The molecule has 1 unspecified atom stereocenters. The minimum absolute atomic E-state index is 0.00181. The molecular formula is C16H16ClF3N4O. The average molecular weight is 373 g/mol. The van der Waals surface area contributed by atoms with Crippen LogP contribution >= 0.6 is 11.6 Å². The number of anilines is 2. The summed E-state index contributed by atoms with van der Waals surface area (Å²) in [6, 6.07) is 6.32. The summed E-state index contributed by atoms with van der Waals surface area (Å²) < 4.78 is 38.6. The second kappa shape index (κ2) is 7.69. The number of aromatic nitrogens is 2. The first-order valence-electron chi connectivity index (χ1n) is 7.49. The summed E-state index contributed by atoms with van der Waals surface area (Å²) in [5, 5.41) is 12.6. The lowest BCUT2D eigenvalue weighted by atomic mass is 10.2. The van der Waals surface area contributed by atoms with Crippen molar-refractivity contribution in [3.05, 3.63) is 46.6 Å². The molecule has 0 aliphatic carbocycles. The number of nitrogens with one attached hydrogen (secondary N) is 2. The van der Waals surface area contributed by atoms with Crippen molar-refractivity contribution in [3.8, 4) is 0 Å². The minimum atomic E-state index is -4.56. The van der Waals surface area contributed by atoms with Gasteiger partial charge in [-0.25, -0.2) is 0 Å². The lowest BCUT2D eigenvalue weighted by molar-refractivity contribution is -0.137. The number of rotatable bonds is 5. The van der Waals surface area contributed by atoms with Crippen LogP contribution in [0, 0.1) is 0 Å². The van der Waals surface area contributed by atoms with E-state index in [2.05, 4.69) is 20.8 Å². The van der Waals surface area contributed by atoms with Crippen LogP contribution in [0.4, 0.5) is 24.7 Å². The highest BCUT2D eigenvalue weighted by molar-refractivity contribution is 6.31. The van der Waals surface area contributed by atoms with Crippen molar-refractivity contribution in [3.63, 3.8) is 0 Å². The van der Waals surface area contributed by atoms with Crippen LogP contribution in [0.1, 0.15) is 36.3 Å². The van der Waals surface area contributed by atoms with Crippen LogP contribution in [0.15, 0.2) is 30.3 Å². The van der Waals surface area contributed by atoms with E-state index in [1.165, 1.54) is 18.2 Å². The predicted molar refractivity (Wildman–Crippen MR) is 89.0 cm³/mol. The molecule has 25 heavy (non-hydrogen) atoms. The molecule has 1 aromatic heterocycles. The smallest absolute Gasteiger partial charge is 0.348 e. The number of carbonyl (C=O) groups is 1. The maximum Gasteiger partial charge on any atom is 0.417 e. The van der Waals surface area contributed by atoms with E-state index in [4.69, 9.17) is 11.6 Å². The number of hydrogen-bond donors (Lipinski definition) is 2. The van der Waals surface area contributed by atoms with E-state index in [1.54, 1.807) is 0 Å². The Bertz CT molecular complexity index is 750. The van der Waals surface area contributed by atoms with Crippen LogP contribution in [0.25, 0.3) is 0 Å². The van der Waals surface area contributed by atoms with Gasteiger partial charge in [0.25, 0.3) is 5.91 Å². The zero-order valence-electron chi connectivity index (χ0n) is 13.5. The summed E-state index contributed by atoms with van der Waals surface area (Å²) in [5.41, 5.74) is -0.669. The second-order valence-corrected chi connectivity index (χ2v) is 5.81. The molecule has 2 rings (SSSR count). The van der Waals surface area contributed by atoms with Crippen molar-refractivity contribution in [2.45, 2.75) is 32.5 Å². The van der Waals surface area contributed by atoms with Gasteiger partial charge in [0, 0.05) is 11.7 Å². The molecule has 9 heteroatoms. The van der Waals surface area contributed by atoms with Gasteiger partial charge in [0.05, 0.1) is 10.6 Å². The standard InChI is InChI=1S/C16H16ClF3N4O/c1-3-9(2)21-15(25)13-6-7-14(24-23-13)22-10-4-5-12(17)11(8-10)16(18,19)20/h4-9H,3H2,1-2H3,(H,21,25)(H,22,24). The van der Waals surface area contributed by atoms with E-state index in [0.717, 1.165) is 18.6 Å². The fraction of sp³-hybridized carbons (Fsp3) is 0.312. The number of amides is 1. The molecule has 5 nitrogen and oxygen atoms in total. The zero-order valence-corrected chi connectivity index (χ0v) is 14.2. The maximum atomic E-state index is 12.9. The number of halogens is 4. The summed E-state index contributed by atoms with van der Waals surface area (Å²) in [7, 11) is 0. The molecule has 1 atom stereocenters. The molecular weight excluding hydrogens is 357 g/mol. The van der Waals surface area contributed by atoms with E-state index in [9.17, 15) is 18.0 Å². The highest BCUT2D eigenvalue weighted by Crippen LogP contribution is 2.36. The van der Waals surface area contributed by atoms with Crippen LogP contribution < -0.4 is 10.6 Å². The lowest BCUT2D eigenvalue weighted by Crippen LogP contribution is -2.32. The molecule has 0 saturated heterocycles. The van der Waals surface area contributed by atoms with Gasteiger partial charge in [-0.1, -0.05) is 18.5 Å². The van der Waals surface area contributed by atoms with Crippen LogP contribution in [-0.2, 0) is 6.18 Å². The van der Waals surface area contributed by atoms with Gasteiger partial charge in [-0.05, 0) is 43.7 Å². The maximum absolute atomic E-state index is 12.9. The Morgan fingerprint density at radius 3 is 2.52 bits per heavy atom. The largest absolute Gasteiger partial charge is 0.417 e. The van der Waals surface area contributed by atoms with Gasteiger partial charge in [0.15, 0.2) is 11.5 Å². The number of benzene rings is 1. The van der Waals surface area contributed by atoms with Gasteiger partial charge in [-0.2, -0.15) is 13.2 Å². The zero-order chi connectivity index (χ0) is 18.6. The number of hydrogen-bond acceptors (Lipinski definition) is 4. The summed E-state index contributed by atoms with van der Waals surface area (Å²) in [4.78, 5) is 11.9. The Balaban J connectivity index is 2.13. The SMILES string of the molecule is CCC(C)NC(=O)c1ccc(Nc2ccc(Cl)c(C(F)(F)F)c2)nn1. The number of carbonyl (C=O) groups excluding carboxylic acids is 1. The van der Waals surface area contributed by atoms with E-state index in [1.807, 2.05) is 13.8 Å². The van der Waals surface area contributed by atoms with E-state index in [-0.39, 0.29) is 34.2 Å². The Kier molecular flexibility index (Phi) is 5.84. The first-order chi connectivity index (χ1) is 11.7. The van der Waals surface area contributed by atoms with Crippen molar-refractivity contribution in [2.24, 2.45) is 0 Å². The Hall–Kier alpha value is -2.35. The topological polar surface area (TPSA) is 66.9 Å². The molecule has 0 aliphatic rings. The van der Waals surface area contributed by atoms with Crippen LogP contribution in [0.3, 0.4) is 0 Å². The Morgan fingerprint density at radius 2 is 1.96 bits per heavy atom. The summed E-state index contributed by atoms with van der Waals surface area (Å²) in [5.74, 6) is -0.158. The van der Waals surface area contributed by atoms with Gasteiger partial charge in [0.2, 0.25) is 0 Å². The highest BCUT2D eigenvalue weighted by atomic mass is 35.5. The first-order valence-corrected chi connectivity index (χ1v) is 7.87.